The van der Waals surface area contributed by atoms with Gasteiger partial charge in [0.2, 0.25) is 0 Å². The molecule has 0 aliphatic rings. The molecule has 0 spiro atoms. The summed E-state index contributed by atoms with van der Waals surface area (Å²) in [6, 6.07) is 28.8. The highest BCUT2D eigenvalue weighted by molar-refractivity contribution is 6.04. The Kier molecular flexibility index (Phi) is 7.59. The quantitative estimate of drug-likeness (QED) is 0.187. The van der Waals surface area contributed by atoms with Gasteiger partial charge in [0.05, 0.1) is 5.52 Å². The molecule has 3 amide bonds. The molecule has 4 aromatic carbocycles. The van der Waals surface area contributed by atoms with Crippen molar-refractivity contribution in [1.82, 2.24) is 9.88 Å². The van der Waals surface area contributed by atoms with Crippen LogP contribution in [0.4, 0.5) is 16.2 Å². The Labute approximate surface area is 231 Å². The normalized spacial score (nSPS) is 10.8. The number of ether oxygens (including phenoxy) is 1. The molecule has 0 saturated carbocycles. The van der Waals surface area contributed by atoms with Crippen molar-refractivity contribution in [3.8, 4) is 17.2 Å². The van der Waals surface area contributed by atoms with Gasteiger partial charge in [0, 0.05) is 45.8 Å². The Hall–Kier alpha value is -5.37. The average Bonchev–Trinajstić information content (AvgIpc) is 3.34. The van der Waals surface area contributed by atoms with Gasteiger partial charge in [0.1, 0.15) is 11.5 Å². The van der Waals surface area contributed by atoms with E-state index in [0.29, 0.717) is 34.0 Å². The molecule has 1 heterocycles. The first-order valence-electron chi connectivity index (χ1n) is 12.8. The minimum atomic E-state index is -0.264. The van der Waals surface area contributed by atoms with E-state index >= 15 is 0 Å². The number of benzene rings is 4. The lowest BCUT2D eigenvalue weighted by Gasteiger charge is -2.11. The van der Waals surface area contributed by atoms with Crippen molar-refractivity contribution in [2.75, 3.05) is 10.6 Å². The lowest BCUT2D eigenvalue weighted by molar-refractivity contribution is 0.102. The first-order valence-corrected chi connectivity index (χ1v) is 12.8. The molecule has 0 atom stereocenters. The highest BCUT2D eigenvalue weighted by Gasteiger charge is 2.11. The molecule has 0 fully saturated rings. The predicted molar refractivity (Wildman–Crippen MR) is 157 cm³/mol. The number of amides is 3. The van der Waals surface area contributed by atoms with E-state index in [4.69, 9.17) is 4.74 Å². The van der Waals surface area contributed by atoms with Gasteiger partial charge in [-0.15, -0.1) is 0 Å². The molecule has 0 bridgehead atoms. The van der Waals surface area contributed by atoms with Crippen LogP contribution in [0.1, 0.15) is 34.6 Å². The number of nitrogens with zero attached hydrogens (tertiary/aromatic N) is 1. The van der Waals surface area contributed by atoms with Crippen molar-refractivity contribution in [1.29, 1.82) is 0 Å². The number of aromatic nitrogens is 1. The lowest BCUT2D eigenvalue weighted by Crippen LogP contribution is -2.34. The summed E-state index contributed by atoms with van der Waals surface area (Å²) in [7, 11) is 0. The summed E-state index contributed by atoms with van der Waals surface area (Å²) in [5.41, 5.74) is 4.18. The molecule has 200 valence electrons. The molecule has 8 nitrogen and oxygen atoms in total. The first-order chi connectivity index (χ1) is 19.4. The molecule has 5 rings (SSSR count). The smallest absolute Gasteiger partial charge is 0.319 e. The minimum Gasteiger partial charge on any atom is -0.457 e. The Balaban J connectivity index is 1.19. The Morgan fingerprint density at radius 2 is 1.38 bits per heavy atom. The van der Waals surface area contributed by atoms with Crippen LogP contribution < -0.4 is 20.7 Å². The average molecular weight is 533 g/mol. The maximum absolute atomic E-state index is 12.8. The van der Waals surface area contributed by atoms with E-state index in [-0.39, 0.29) is 18.0 Å². The van der Waals surface area contributed by atoms with Gasteiger partial charge >= 0.3 is 6.03 Å². The van der Waals surface area contributed by atoms with Gasteiger partial charge in [-0.05, 0) is 92.7 Å². The number of hydrogen-bond acceptors (Lipinski definition) is 4. The SMILES string of the molecule is CC(C)NC(=O)Nc1ccc(Oc2ccc(NC(=O)c3ccc(-n4cc(C=O)c5ccccc54)cc3)cc2)cc1. The minimum absolute atomic E-state index is 0.0471. The van der Waals surface area contributed by atoms with Crippen LogP contribution in [0.15, 0.2) is 103 Å². The second-order valence-corrected chi connectivity index (χ2v) is 9.49. The van der Waals surface area contributed by atoms with E-state index in [2.05, 4.69) is 16.0 Å². The van der Waals surface area contributed by atoms with Crippen LogP contribution in [-0.4, -0.2) is 28.8 Å². The zero-order valence-corrected chi connectivity index (χ0v) is 22.0. The van der Waals surface area contributed by atoms with Crippen molar-refractivity contribution in [3.05, 3.63) is 114 Å². The van der Waals surface area contributed by atoms with Crippen molar-refractivity contribution >= 4 is 40.5 Å². The summed E-state index contributed by atoms with van der Waals surface area (Å²) < 4.78 is 7.82. The topological polar surface area (TPSA) is 101 Å². The van der Waals surface area contributed by atoms with Crippen molar-refractivity contribution in [3.63, 3.8) is 0 Å². The molecule has 0 radical (unpaired) electrons. The molecule has 5 aromatic rings. The molecule has 0 unspecified atom stereocenters. The highest BCUT2D eigenvalue weighted by atomic mass is 16.5. The summed E-state index contributed by atoms with van der Waals surface area (Å²) in [5.74, 6) is 0.979. The number of carbonyl (C=O) groups excluding carboxylic acids is 3. The van der Waals surface area contributed by atoms with E-state index in [1.54, 1.807) is 66.9 Å². The van der Waals surface area contributed by atoms with Gasteiger partial charge in [-0.25, -0.2) is 4.79 Å². The van der Waals surface area contributed by atoms with Crippen LogP contribution in [0.25, 0.3) is 16.6 Å². The monoisotopic (exact) mass is 532 g/mol. The zero-order chi connectivity index (χ0) is 28.1. The Morgan fingerprint density at radius 1 is 0.775 bits per heavy atom. The Morgan fingerprint density at radius 3 is 1.98 bits per heavy atom. The lowest BCUT2D eigenvalue weighted by atomic mass is 10.1. The van der Waals surface area contributed by atoms with Gasteiger partial charge < -0.3 is 25.3 Å². The van der Waals surface area contributed by atoms with Crippen molar-refractivity contribution in [2.45, 2.75) is 19.9 Å². The number of aldehydes is 1. The predicted octanol–water partition coefficient (Wildman–Crippen LogP) is 7.02. The van der Waals surface area contributed by atoms with E-state index in [9.17, 15) is 14.4 Å². The highest BCUT2D eigenvalue weighted by Crippen LogP contribution is 2.26. The number of hydrogen-bond donors (Lipinski definition) is 3. The van der Waals surface area contributed by atoms with Crippen LogP contribution in [-0.2, 0) is 0 Å². The summed E-state index contributed by atoms with van der Waals surface area (Å²) in [5, 5.41) is 9.31. The third-order valence-electron chi connectivity index (χ3n) is 6.16. The number of rotatable bonds is 8. The third-order valence-corrected chi connectivity index (χ3v) is 6.16. The molecular weight excluding hydrogens is 504 g/mol. The fourth-order valence-corrected chi connectivity index (χ4v) is 4.27. The second-order valence-electron chi connectivity index (χ2n) is 9.49. The number of para-hydroxylation sites is 1. The molecule has 0 aliphatic heterocycles. The van der Waals surface area contributed by atoms with Crippen LogP contribution in [0, 0.1) is 0 Å². The summed E-state index contributed by atoms with van der Waals surface area (Å²) in [6.45, 7) is 3.78. The summed E-state index contributed by atoms with van der Waals surface area (Å²) in [6.07, 6.45) is 2.65. The molecule has 8 heteroatoms. The molecule has 40 heavy (non-hydrogen) atoms. The molecule has 0 saturated heterocycles. The second kappa shape index (κ2) is 11.6. The molecular formula is C32H28N4O4. The van der Waals surface area contributed by atoms with Crippen molar-refractivity contribution < 1.29 is 19.1 Å². The fourth-order valence-electron chi connectivity index (χ4n) is 4.27. The van der Waals surface area contributed by atoms with Gasteiger partial charge in [-0.3, -0.25) is 9.59 Å². The number of urea groups is 1. The van der Waals surface area contributed by atoms with Gasteiger partial charge in [0.25, 0.3) is 5.91 Å². The standard InChI is InChI=1S/C32H28N4O4/c1-21(2)33-32(39)35-25-11-17-28(18-12-25)40-27-15-9-24(10-16-27)34-31(38)22-7-13-26(14-8-22)36-19-23(20-37)29-5-3-4-6-30(29)36/h3-21H,1-2H3,(H,34,38)(H2,33,35,39). The molecule has 3 N–H and O–H groups in total. The molecule has 0 aliphatic carbocycles. The summed E-state index contributed by atoms with van der Waals surface area (Å²) >= 11 is 0. The van der Waals surface area contributed by atoms with Crippen LogP contribution in [0.5, 0.6) is 11.5 Å². The van der Waals surface area contributed by atoms with Crippen LogP contribution in [0.3, 0.4) is 0 Å². The van der Waals surface area contributed by atoms with Gasteiger partial charge in [0.15, 0.2) is 6.29 Å². The fraction of sp³-hybridized carbons (Fsp3) is 0.0938. The van der Waals surface area contributed by atoms with Crippen molar-refractivity contribution in [2.24, 2.45) is 0 Å². The number of nitrogens with one attached hydrogen (secondary N) is 3. The number of anilines is 2. The molecule has 1 aromatic heterocycles. The van der Waals surface area contributed by atoms with E-state index in [1.165, 1.54) is 0 Å². The summed E-state index contributed by atoms with van der Waals surface area (Å²) in [4.78, 5) is 36.1. The zero-order valence-electron chi connectivity index (χ0n) is 22.0. The first kappa shape index (κ1) is 26.2. The maximum atomic E-state index is 12.8. The Bertz CT molecular complexity index is 1650. The largest absolute Gasteiger partial charge is 0.457 e. The third kappa shape index (κ3) is 6.02. The van der Waals surface area contributed by atoms with E-state index < -0.39 is 0 Å². The van der Waals surface area contributed by atoms with Crippen LogP contribution >= 0.6 is 0 Å². The van der Waals surface area contributed by atoms with Gasteiger partial charge in [-0.2, -0.15) is 0 Å². The van der Waals surface area contributed by atoms with E-state index in [0.717, 1.165) is 22.9 Å². The van der Waals surface area contributed by atoms with Gasteiger partial charge in [-0.1, -0.05) is 18.2 Å². The van der Waals surface area contributed by atoms with Crippen LogP contribution in [0.2, 0.25) is 0 Å². The number of carbonyl (C=O) groups is 3. The maximum Gasteiger partial charge on any atom is 0.319 e. The number of fused-ring (bicyclic) bond motifs is 1. The van der Waals surface area contributed by atoms with E-state index in [1.807, 2.05) is 54.8 Å².